The van der Waals surface area contributed by atoms with Gasteiger partial charge in [-0.3, -0.25) is 14.5 Å². The number of carbonyl (C=O) groups is 2. The summed E-state index contributed by atoms with van der Waals surface area (Å²) in [6, 6.07) is 8.69. The summed E-state index contributed by atoms with van der Waals surface area (Å²) in [6.45, 7) is -0.880. The van der Waals surface area contributed by atoms with Gasteiger partial charge in [-0.15, -0.1) is 0 Å². The van der Waals surface area contributed by atoms with E-state index in [-0.39, 0.29) is 6.54 Å². The lowest BCUT2D eigenvalue weighted by molar-refractivity contribution is -0.142. The number of hydrogen-bond donors (Lipinski definition) is 3. The number of hydrogen-bond acceptors (Lipinski definition) is 4. The summed E-state index contributed by atoms with van der Waals surface area (Å²) in [5, 5.41) is 27.2. The highest BCUT2D eigenvalue weighted by atomic mass is 16.4. The van der Waals surface area contributed by atoms with Gasteiger partial charge in [0.25, 0.3) is 0 Å². The minimum Gasteiger partial charge on any atom is -0.480 e. The molecule has 18 heavy (non-hydrogen) atoms. The maximum Gasteiger partial charge on any atom is 0.317 e. The lowest BCUT2D eigenvalue weighted by Gasteiger charge is -2.21. The number of rotatable bonds is 7. The third-order valence-electron chi connectivity index (χ3n) is 2.33. The summed E-state index contributed by atoms with van der Waals surface area (Å²) in [6.07, 6.45) is -0.912. The van der Waals surface area contributed by atoms with Gasteiger partial charge in [-0.2, -0.15) is 0 Å². The highest BCUT2D eigenvalue weighted by molar-refractivity contribution is 5.72. The number of carboxylic acid groups (broad SMARTS) is 2. The van der Waals surface area contributed by atoms with Crippen molar-refractivity contribution in [2.45, 2.75) is 6.10 Å². The quantitative estimate of drug-likeness (QED) is 0.641. The van der Waals surface area contributed by atoms with Crippen molar-refractivity contribution in [1.82, 2.24) is 4.90 Å². The molecule has 3 N–H and O–H groups in total. The summed E-state index contributed by atoms with van der Waals surface area (Å²) >= 11 is 0. The zero-order chi connectivity index (χ0) is 13.5. The van der Waals surface area contributed by atoms with E-state index < -0.39 is 31.1 Å². The van der Waals surface area contributed by atoms with E-state index in [0.29, 0.717) is 5.56 Å². The predicted molar refractivity (Wildman–Crippen MR) is 63.1 cm³/mol. The van der Waals surface area contributed by atoms with Crippen molar-refractivity contribution in [3.8, 4) is 0 Å². The molecule has 1 unspecified atom stereocenters. The van der Waals surface area contributed by atoms with Crippen LogP contribution < -0.4 is 0 Å². The molecular weight excluding hydrogens is 238 g/mol. The number of benzene rings is 1. The van der Waals surface area contributed by atoms with E-state index in [2.05, 4.69) is 0 Å². The van der Waals surface area contributed by atoms with Crippen LogP contribution >= 0.6 is 0 Å². The molecule has 0 heterocycles. The van der Waals surface area contributed by atoms with Crippen molar-refractivity contribution in [1.29, 1.82) is 0 Å². The minimum atomic E-state index is -1.13. The molecule has 0 radical (unpaired) electrons. The molecule has 1 rings (SSSR count). The summed E-state index contributed by atoms with van der Waals surface area (Å²) in [5.74, 6) is -2.26. The largest absolute Gasteiger partial charge is 0.480 e. The molecule has 0 aliphatic rings. The summed E-state index contributed by atoms with van der Waals surface area (Å²) in [5.41, 5.74) is 0.623. The van der Waals surface area contributed by atoms with E-state index in [9.17, 15) is 14.7 Å². The van der Waals surface area contributed by atoms with Crippen LogP contribution in [-0.2, 0) is 9.59 Å². The fourth-order valence-corrected chi connectivity index (χ4v) is 1.59. The second kappa shape index (κ2) is 6.73. The first kappa shape index (κ1) is 14.1. The van der Waals surface area contributed by atoms with Crippen LogP contribution in [0.1, 0.15) is 11.7 Å². The first-order valence-electron chi connectivity index (χ1n) is 5.38. The van der Waals surface area contributed by atoms with Crippen LogP contribution in [0.4, 0.5) is 0 Å². The number of nitrogens with zero attached hydrogens (tertiary/aromatic N) is 1. The Morgan fingerprint density at radius 1 is 1.06 bits per heavy atom. The molecule has 1 aromatic rings. The van der Waals surface area contributed by atoms with Gasteiger partial charge in [0.1, 0.15) is 0 Å². The third kappa shape index (κ3) is 4.94. The fourth-order valence-electron chi connectivity index (χ4n) is 1.59. The Bertz CT molecular complexity index is 390. The second-order valence-electron chi connectivity index (χ2n) is 3.88. The highest BCUT2D eigenvalue weighted by Gasteiger charge is 2.18. The molecule has 0 saturated carbocycles. The Morgan fingerprint density at radius 2 is 1.56 bits per heavy atom. The summed E-state index contributed by atoms with van der Waals surface area (Å²) < 4.78 is 0. The van der Waals surface area contributed by atoms with E-state index in [0.717, 1.165) is 0 Å². The first-order valence-corrected chi connectivity index (χ1v) is 5.38. The molecule has 0 aromatic heterocycles. The molecule has 0 fully saturated rings. The van der Waals surface area contributed by atoms with Crippen molar-refractivity contribution >= 4 is 11.9 Å². The topological polar surface area (TPSA) is 98.1 Å². The molecule has 0 spiro atoms. The number of carboxylic acids is 2. The van der Waals surface area contributed by atoms with Crippen LogP contribution in [0, 0.1) is 0 Å². The minimum absolute atomic E-state index is 0.0391. The highest BCUT2D eigenvalue weighted by Crippen LogP contribution is 2.13. The molecule has 0 amide bonds. The normalized spacial score (nSPS) is 12.3. The number of aliphatic carboxylic acids is 2. The summed E-state index contributed by atoms with van der Waals surface area (Å²) in [7, 11) is 0. The van der Waals surface area contributed by atoms with Crippen LogP contribution in [0.3, 0.4) is 0 Å². The SMILES string of the molecule is O=C(O)CN(CC(=O)O)CC(O)c1ccccc1. The average Bonchev–Trinajstić information content (AvgIpc) is 2.28. The van der Waals surface area contributed by atoms with Gasteiger partial charge in [-0.25, -0.2) is 0 Å². The van der Waals surface area contributed by atoms with Gasteiger partial charge in [-0.1, -0.05) is 30.3 Å². The molecule has 6 nitrogen and oxygen atoms in total. The Kier molecular flexibility index (Phi) is 5.29. The molecule has 0 bridgehead atoms. The maximum atomic E-state index is 10.6. The van der Waals surface area contributed by atoms with Crippen LogP contribution in [0.25, 0.3) is 0 Å². The van der Waals surface area contributed by atoms with Crippen LogP contribution in [0.5, 0.6) is 0 Å². The maximum absolute atomic E-state index is 10.6. The molecule has 0 saturated heterocycles. The van der Waals surface area contributed by atoms with Crippen LogP contribution in [0.15, 0.2) is 30.3 Å². The van der Waals surface area contributed by atoms with Crippen molar-refractivity contribution in [2.24, 2.45) is 0 Å². The van der Waals surface area contributed by atoms with Crippen LogP contribution in [-0.4, -0.2) is 51.8 Å². The van der Waals surface area contributed by atoms with Gasteiger partial charge in [0.05, 0.1) is 19.2 Å². The van der Waals surface area contributed by atoms with Gasteiger partial charge in [0.2, 0.25) is 0 Å². The van der Waals surface area contributed by atoms with E-state index in [1.165, 1.54) is 4.90 Å². The van der Waals surface area contributed by atoms with Crippen molar-refractivity contribution in [3.63, 3.8) is 0 Å². The van der Waals surface area contributed by atoms with E-state index in [1.807, 2.05) is 0 Å². The van der Waals surface area contributed by atoms with Gasteiger partial charge >= 0.3 is 11.9 Å². The average molecular weight is 253 g/mol. The van der Waals surface area contributed by atoms with Gasteiger partial charge < -0.3 is 15.3 Å². The lowest BCUT2D eigenvalue weighted by atomic mass is 10.1. The molecule has 0 aliphatic heterocycles. The zero-order valence-corrected chi connectivity index (χ0v) is 9.69. The van der Waals surface area contributed by atoms with Gasteiger partial charge in [0.15, 0.2) is 0 Å². The Labute approximate surface area is 104 Å². The first-order chi connectivity index (χ1) is 8.49. The van der Waals surface area contributed by atoms with E-state index in [4.69, 9.17) is 10.2 Å². The number of aliphatic hydroxyl groups is 1. The number of aliphatic hydroxyl groups excluding tert-OH is 1. The van der Waals surface area contributed by atoms with Gasteiger partial charge in [-0.05, 0) is 5.56 Å². The standard InChI is InChI=1S/C12H15NO5/c14-10(9-4-2-1-3-5-9)6-13(7-11(15)16)8-12(17)18/h1-5,10,14H,6-8H2,(H,15,16)(H,17,18). The zero-order valence-electron chi connectivity index (χ0n) is 9.69. The Balaban J connectivity index is 2.64. The van der Waals surface area contributed by atoms with Crippen molar-refractivity contribution in [2.75, 3.05) is 19.6 Å². The monoisotopic (exact) mass is 253 g/mol. The molecule has 1 aromatic carbocycles. The third-order valence-corrected chi connectivity index (χ3v) is 2.33. The summed E-state index contributed by atoms with van der Waals surface area (Å²) in [4.78, 5) is 22.4. The van der Waals surface area contributed by atoms with E-state index in [1.54, 1.807) is 30.3 Å². The van der Waals surface area contributed by atoms with Crippen molar-refractivity contribution in [3.05, 3.63) is 35.9 Å². The fraction of sp³-hybridized carbons (Fsp3) is 0.333. The van der Waals surface area contributed by atoms with Crippen LogP contribution in [0.2, 0.25) is 0 Å². The van der Waals surface area contributed by atoms with Crippen molar-refractivity contribution < 1.29 is 24.9 Å². The Morgan fingerprint density at radius 3 is 2.00 bits per heavy atom. The van der Waals surface area contributed by atoms with Gasteiger partial charge in [0, 0.05) is 6.54 Å². The predicted octanol–water partition coefficient (Wildman–Crippen LogP) is 0.191. The second-order valence-corrected chi connectivity index (χ2v) is 3.88. The van der Waals surface area contributed by atoms with E-state index >= 15 is 0 Å². The lowest BCUT2D eigenvalue weighted by Crippen LogP contribution is -2.37. The smallest absolute Gasteiger partial charge is 0.317 e. The molecular formula is C12H15NO5. The molecule has 98 valence electrons. The Hall–Kier alpha value is -1.92. The molecule has 6 heteroatoms. The molecule has 0 aliphatic carbocycles. The molecule has 1 atom stereocenters.